The number of benzene rings is 2. The van der Waals surface area contributed by atoms with E-state index in [1.807, 2.05) is 36.4 Å². The number of ether oxygens (including phenoxy) is 1. The smallest absolute Gasteiger partial charge is 0.127 e. The van der Waals surface area contributed by atoms with Crippen molar-refractivity contribution in [3.05, 3.63) is 42.0 Å². The second-order valence-corrected chi connectivity index (χ2v) is 5.53. The van der Waals surface area contributed by atoms with Gasteiger partial charge in [-0.25, -0.2) is 0 Å². The molecule has 0 radical (unpaired) electrons. The Labute approximate surface area is 119 Å². The second-order valence-electron chi connectivity index (χ2n) is 5.09. The third-order valence-electron chi connectivity index (χ3n) is 3.40. The van der Waals surface area contributed by atoms with Gasteiger partial charge in [-0.05, 0) is 30.4 Å². The Morgan fingerprint density at radius 2 is 1.68 bits per heavy atom. The highest BCUT2D eigenvalue weighted by Gasteiger charge is 2.13. The SMILES string of the molecule is CC(C)C(C)Oc1ccc(C(N)=S)c2ccccc12. The average Bonchev–Trinajstić information content (AvgIpc) is 2.38. The van der Waals surface area contributed by atoms with Crippen molar-refractivity contribution in [2.75, 3.05) is 0 Å². The highest BCUT2D eigenvalue weighted by atomic mass is 32.1. The Morgan fingerprint density at radius 3 is 2.26 bits per heavy atom. The second kappa shape index (κ2) is 5.57. The van der Waals surface area contributed by atoms with Crippen LogP contribution in [-0.4, -0.2) is 11.1 Å². The van der Waals surface area contributed by atoms with Crippen LogP contribution < -0.4 is 10.5 Å². The molecule has 0 saturated carbocycles. The Bertz CT molecular complexity index is 607. The van der Waals surface area contributed by atoms with Crippen LogP contribution in [0, 0.1) is 5.92 Å². The fourth-order valence-electron chi connectivity index (χ4n) is 1.93. The number of hydrogen-bond acceptors (Lipinski definition) is 2. The molecule has 1 atom stereocenters. The van der Waals surface area contributed by atoms with Gasteiger partial charge in [-0.3, -0.25) is 0 Å². The van der Waals surface area contributed by atoms with Crippen LogP contribution in [0.1, 0.15) is 26.3 Å². The molecule has 2 aromatic carbocycles. The molecule has 0 spiro atoms. The van der Waals surface area contributed by atoms with Crippen LogP contribution in [0.5, 0.6) is 5.75 Å². The monoisotopic (exact) mass is 273 g/mol. The molecule has 0 saturated heterocycles. The molecule has 2 N–H and O–H groups in total. The first-order valence-corrected chi connectivity index (χ1v) is 6.89. The van der Waals surface area contributed by atoms with Crippen molar-refractivity contribution in [3.8, 4) is 5.75 Å². The summed E-state index contributed by atoms with van der Waals surface area (Å²) in [7, 11) is 0. The molecule has 0 bridgehead atoms. The summed E-state index contributed by atoms with van der Waals surface area (Å²) in [5.74, 6) is 1.35. The molecule has 2 nitrogen and oxygen atoms in total. The minimum absolute atomic E-state index is 0.166. The van der Waals surface area contributed by atoms with E-state index in [0.29, 0.717) is 10.9 Å². The molecule has 0 aliphatic heterocycles. The van der Waals surface area contributed by atoms with Crippen LogP contribution in [0.4, 0.5) is 0 Å². The zero-order valence-corrected chi connectivity index (χ0v) is 12.3. The Balaban J connectivity index is 2.53. The number of nitrogens with two attached hydrogens (primary N) is 1. The van der Waals surface area contributed by atoms with Crippen molar-refractivity contribution in [3.63, 3.8) is 0 Å². The number of fused-ring (bicyclic) bond motifs is 1. The Kier molecular flexibility index (Phi) is 4.05. The van der Waals surface area contributed by atoms with E-state index in [9.17, 15) is 0 Å². The summed E-state index contributed by atoms with van der Waals surface area (Å²) >= 11 is 5.10. The van der Waals surface area contributed by atoms with Crippen LogP contribution >= 0.6 is 12.2 Å². The van der Waals surface area contributed by atoms with Gasteiger partial charge in [-0.1, -0.05) is 50.3 Å². The molecule has 3 heteroatoms. The largest absolute Gasteiger partial charge is 0.490 e. The minimum Gasteiger partial charge on any atom is -0.490 e. The van der Waals surface area contributed by atoms with Crippen LogP contribution in [0.25, 0.3) is 10.8 Å². The molecule has 2 rings (SSSR count). The first kappa shape index (κ1) is 13.8. The van der Waals surface area contributed by atoms with Crippen LogP contribution in [0.15, 0.2) is 36.4 Å². The topological polar surface area (TPSA) is 35.2 Å². The number of thiocarbonyl (C=S) groups is 1. The van der Waals surface area contributed by atoms with E-state index in [1.54, 1.807) is 0 Å². The molecule has 0 aromatic heterocycles. The van der Waals surface area contributed by atoms with Gasteiger partial charge in [0.1, 0.15) is 10.7 Å². The Hall–Kier alpha value is -1.61. The van der Waals surface area contributed by atoms with Crippen molar-refractivity contribution in [2.24, 2.45) is 11.7 Å². The predicted octanol–water partition coefficient (Wildman–Crippen LogP) is 3.90. The summed E-state index contributed by atoms with van der Waals surface area (Å²) in [4.78, 5) is 0.416. The molecule has 0 amide bonds. The van der Waals surface area contributed by atoms with Crippen LogP contribution in [0.2, 0.25) is 0 Å². The van der Waals surface area contributed by atoms with Crippen LogP contribution in [-0.2, 0) is 0 Å². The summed E-state index contributed by atoms with van der Waals surface area (Å²) in [6.45, 7) is 6.38. The maximum Gasteiger partial charge on any atom is 0.127 e. The molecule has 0 fully saturated rings. The molecule has 1 unspecified atom stereocenters. The highest BCUT2D eigenvalue weighted by molar-refractivity contribution is 7.80. The average molecular weight is 273 g/mol. The standard InChI is InChI=1S/C16H19NOS/c1-10(2)11(3)18-15-9-8-14(16(17)19)12-6-4-5-7-13(12)15/h4-11H,1-3H3,(H2,17,19). The summed E-state index contributed by atoms with van der Waals surface area (Å²) in [6, 6.07) is 11.9. The first-order chi connectivity index (χ1) is 9.00. The molecular formula is C16H19NOS. The quantitative estimate of drug-likeness (QED) is 0.858. The third-order valence-corrected chi connectivity index (χ3v) is 3.62. The molecule has 0 aliphatic carbocycles. The molecule has 2 aromatic rings. The van der Waals surface area contributed by atoms with Gasteiger partial charge < -0.3 is 10.5 Å². The fourth-order valence-corrected chi connectivity index (χ4v) is 2.10. The number of hydrogen-bond donors (Lipinski definition) is 1. The van der Waals surface area contributed by atoms with Gasteiger partial charge in [0, 0.05) is 10.9 Å². The fraction of sp³-hybridized carbons (Fsp3) is 0.312. The molecular weight excluding hydrogens is 254 g/mol. The number of rotatable bonds is 4. The lowest BCUT2D eigenvalue weighted by molar-refractivity contribution is 0.173. The van der Waals surface area contributed by atoms with Gasteiger partial charge in [0.15, 0.2) is 0 Å². The first-order valence-electron chi connectivity index (χ1n) is 6.49. The molecule has 100 valence electrons. The van der Waals surface area contributed by atoms with E-state index in [4.69, 9.17) is 22.7 Å². The van der Waals surface area contributed by atoms with Crippen molar-refractivity contribution in [1.29, 1.82) is 0 Å². The summed E-state index contributed by atoms with van der Waals surface area (Å²) < 4.78 is 6.04. The van der Waals surface area contributed by atoms with Crippen molar-refractivity contribution in [1.82, 2.24) is 0 Å². The van der Waals surface area contributed by atoms with Gasteiger partial charge in [-0.2, -0.15) is 0 Å². The lowest BCUT2D eigenvalue weighted by Gasteiger charge is -2.20. The zero-order chi connectivity index (χ0) is 14.0. The van der Waals surface area contributed by atoms with Gasteiger partial charge in [-0.15, -0.1) is 0 Å². The minimum atomic E-state index is 0.166. The lowest BCUT2D eigenvalue weighted by Crippen LogP contribution is -2.19. The lowest BCUT2D eigenvalue weighted by atomic mass is 10.0. The van der Waals surface area contributed by atoms with Gasteiger partial charge in [0.05, 0.1) is 6.10 Å². The van der Waals surface area contributed by atoms with Gasteiger partial charge in [0.2, 0.25) is 0 Å². The maximum absolute atomic E-state index is 6.04. The van der Waals surface area contributed by atoms with Gasteiger partial charge in [0.25, 0.3) is 0 Å². The molecule has 0 heterocycles. The summed E-state index contributed by atoms with van der Waals surface area (Å²) in [6.07, 6.45) is 0.166. The van der Waals surface area contributed by atoms with E-state index in [1.165, 1.54) is 0 Å². The van der Waals surface area contributed by atoms with Crippen molar-refractivity contribution >= 4 is 28.0 Å². The van der Waals surface area contributed by atoms with E-state index < -0.39 is 0 Å². The summed E-state index contributed by atoms with van der Waals surface area (Å²) in [5, 5.41) is 2.10. The maximum atomic E-state index is 6.04. The van der Waals surface area contributed by atoms with E-state index in [0.717, 1.165) is 22.1 Å². The van der Waals surface area contributed by atoms with Gasteiger partial charge >= 0.3 is 0 Å². The molecule has 19 heavy (non-hydrogen) atoms. The van der Waals surface area contributed by atoms with E-state index in [2.05, 4.69) is 20.8 Å². The molecule has 0 aliphatic rings. The van der Waals surface area contributed by atoms with Crippen molar-refractivity contribution < 1.29 is 4.74 Å². The van der Waals surface area contributed by atoms with Crippen molar-refractivity contribution in [2.45, 2.75) is 26.9 Å². The van der Waals surface area contributed by atoms with Crippen LogP contribution in [0.3, 0.4) is 0 Å². The Morgan fingerprint density at radius 1 is 1.05 bits per heavy atom. The summed E-state index contributed by atoms with van der Waals surface area (Å²) in [5.41, 5.74) is 6.67. The van der Waals surface area contributed by atoms with E-state index in [-0.39, 0.29) is 6.10 Å². The normalized spacial score (nSPS) is 12.6. The zero-order valence-electron chi connectivity index (χ0n) is 11.5. The third kappa shape index (κ3) is 2.87. The van der Waals surface area contributed by atoms with E-state index >= 15 is 0 Å². The highest BCUT2D eigenvalue weighted by Crippen LogP contribution is 2.30. The predicted molar refractivity (Wildman–Crippen MR) is 84.8 cm³/mol.